The van der Waals surface area contributed by atoms with Gasteiger partial charge in [0, 0.05) is 17.8 Å². The van der Waals surface area contributed by atoms with Gasteiger partial charge in [-0.05, 0) is 37.3 Å². The van der Waals surface area contributed by atoms with Gasteiger partial charge in [0.05, 0.1) is 12.1 Å². The SMILES string of the molecule is Cl.O=C(CCCc1cccs1)N[C@H]1CNCC[C@H]1O. The number of aliphatic hydroxyl groups is 1. The molecule has 108 valence electrons. The molecule has 6 heteroatoms. The smallest absolute Gasteiger partial charge is 0.220 e. The van der Waals surface area contributed by atoms with Crippen LogP contribution in [0.2, 0.25) is 0 Å². The van der Waals surface area contributed by atoms with Crippen LogP contribution < -0.4 is 10.6 Å². The van der Waals surface area contributed by atoms with Gasteiger partial charge in [-0.1, -0.05) is 6.07 Å². The summed E-state index contributed by atoms with van der Waals surface area (Å²) in [5, 5.41) is 17.9. The number of hydrogen-bond acceptors (Lipinski definition) is 4. The number of thiophene rings is 1. The number of aryl methyl sites for hydroxylation is 1. The van der Waals surface area contributed by atoms with Crippen LogP contribution in [0.3, 0.4) is 0 Å². The Kier molecular flexibility index (Phi) is 7.38. The molecule has 0 aliphatic carbocycles. The van der Waals surface area contributed by atoms with E-state index >= 15 is 0 Å². The van der Waals surface area contributed by atoms with Gasteiger partial charge in [-0.15, -0.1) is 23.7 Å². The molecule has 0 saturated carbocycles. The monoisotopic (exact) mass is 304 g/mol. The third kappa shape index (κ3) is 5.48. The fourth-order valence-electron chi connectivity index (χ4n) is 2.15. The lowest BCUT2D eigenvalue weighted by Gasteiger charge is -2.29. The van der Waals surface area contributed by atoms with Crippen molar-refractivity contribution in [2.24, 2.45) is 0 Å². The number of halogens is 1. The summed E-state index contributed by atoms with van der Waals surface area (Å²) in [5.41, 5.74) is 0. The van der Waals surface area contributed by atoms with Crippen molar-refractivity contribution in [3.05, 3.63) is 22.4 Å². The number of piperidine rings is 1. The van der Waals surface area contributed by atoms with Crippen LogP contribution in [0.4, 0.5) is 0 Å². The Hall–Kier alpha value is -0.620. The average molecular weight is 305 g/mol. The fourth-order valence-corrected chi connectivity index (χ4v) is 2.90. The second-order valence-corrected chi connectivity index (χ2v) is 5.70. The van der Waals surface area contributed by atoms with Crippen molar-refractivity contribution in [2.45, 2.75) is 37.8 Å². The largest absolute Gasteiger partial charge is 0.391 e. The van der Waals surface area contributed by atoms with Crippen LogP contribution in [-0.4, -0.2) is 36.2 Å². The molecule has 3 N–H and O–H groups in total. The quantitative estimate of drug-likeness (QED) is 0.769. The van der Waals surface area contributed by atoms with Crippen molar-refractivity contribution in [3.8, 4) is 0 Å². The zero-order valence-corrected chi connectivity index (χ0v) is 12.4. The number of carbonyl (C=O) groups excluding carboxylic acids is 1. The predicted molar refractivity (Wildman–Crippen MR) is 79.9 cm³/mol. The fraction of sp³-hybridized carbons (Fsp3) is 0.615. The van der Waals surface area contributed by atoms with E-state index in [2.05, 4.69) is 22.1 Å². The molecule has 1 amide bonds. The minimum Gasteiger partial charge on any atom is -0.391 e. The van der Waals surface area contributed by atoms with Crippen molar-refractivity contribution in [3.63, 3.8) is 0 Å². The molecule has 1 saturated heterocycles. The van der Waals surface area contributed by atoms with E-state index in [4.69, 9.17) is 0 Å². The molecule has 1 fully saturated rings. The van der Waals surface area contributed by atoms with Crippen LogP contribution in [0.5, 0.6) is 0 Å². The molecule has 0 spiro atoms. The van der Waals surface area contributed by atoms with E-state index < -0.39 is 6.10 Å². The third-order valence-corrected chi connectivity index (χ3v) is 4.14. The van der Waals surface area contributed by atoms with Gasteiger partial charge in [0.15, 0.2) is 0 Å². The standard InChI is InChI=1S/C13H20N2O2S.ClH/c16-12-6-7-14-9-11(12)15-13(17)5-1-3-10-4-2-8-18-10;/h2,4,8,11-12,14,16H,1,3,5-7,9H2,(H,15,17);1H/t11-,12+;/m0./s1. The number of aliphatic hydroxyl groups excluding tert-OH is 1. The predicted octanol–water partition coefficient (Wildman–Crippen LogP) is 1.33. The Bertz CT molecular complexity index is 373. The highest BCUT2D eigenvalue weighted by atomic mass is 35.5. The maximum absolute atomic E-state index is 11.7. The topological polar surface area (TPSA) is 61.4 Å². The van der Waals surface area contributed by atoms with Gasteiger partial charge in [-0.25, -0.2) is 0 Å². The Morgan fingerprint density at radius 1 is 1.58 bits per heavy atom. The van der Waals surface area contributed by atoms with E-state index in [1.807, 2.05) is 6.07 Å². The molecule has 2 atom stereocenters. The molecule has 19 heavy (non-hydrogen) atoms. The summed E-state index contributed by atoms with van der Waals surface area (Å²) in [6.07, 6.45) is 2.65. The maximum Gasteiger partial charge on any atom is 0.220 e. The van der Waals surface area contributed by atoms with E-state index in [0.29, 0.717) is 19.4 Å². The van der Waals surface area contributed by atoms with E-state index in [9.17, 15) is 9.90 Å². The Labute approximate surface area is 124 Å². The lowest BCUT2D eigenvalue weighted by Crippen LogP contribution is -2.53. The maximum atomic E-state index is 11.7. The zero-order chi connectivity index (χ0) is 12.8. The Balaban J connectivity index is 0.00000180. The first-order valence-electron chi connectivity index (χ1n) is 6.46. The van der Waals surface area contributed by atoms with Gasteiger partial charge >= 0.3 is 0 Å². The summed E-state index contributed by atoms with van der Waals surface area (Å²) >= 11 is 1.73. The average Bonchev–Trinajstić information content (AvgIpc) is 2.85. The van der Waals surface area contributed by atoms with E-state index in [1.165, 1.54) is 4.88 Å². The molecule has 1 aliphatic rings. The van der Waals surface area contributed by atoms with Gasteiger partial charge in [0.2, 0.25) is 5.91 Å². The molecule has 1 aromatic rings. The number of rotatable bonds is 5. The summed E-state index contributed by atoms with van der Waals surface area (Å²) in [5.74, 6) is 0.0410. The van der Waals surface area contributed by atoms with Crippen LogP contribution in [0.1, 0.15) is 24.1 Å². The Morgan fingerprint density at radius 3 is 3.11 bits per heavy atom. The molecule has 0 aromatic carbocycles. The van der Waals surface area contributed by atoms with Crippen molar-refractivity contribution < 1.29 is 9.90 Å². The second-order valence-electron chi connectivity index (χ2n) is 4.67. The lowest BCUT2D eigenvalue weighted by molar-refractivity contribution is -0.122. The molecule has 1 aromatic heterocycles. The zero-order valence-electron chi connectivity index (χ0n) is 10.8. The first-order valence-corrected chi connectivity index (χ1v) is 7.34. The lowest BCUT2D eigenvalue weighted by atomic mass is 10.0. The van der Waals surface area contributed by atoms with Crippen LogP contribution in [0.25, 0.3) is 0 Å². The van der Waals surface area contributed by atoms with Crippen molar-refractivity contribution in [1.82, 2.24) is 10.6 Å². The highest BCUT2D eigenvalue weighted by Gasteiger charge is 2.23. The van der Waals surface area contributed by atoms with Gasteiger partial charge in [0.25, 0.3) is 0 Å². The Morgan fingerprint density at radius 2 is 2.42 bits per heavy atom. The molecule has 0 radical (unpaired) electrons. The molecule has 0 bridgehead atoms. The molecular weight excluding hydrogens is 284 g/mol. The van der Waals surface area contributed by atoms with Gasteiger partial charge in [-0.2, -0.15) is 0 Å². The first kappa shape index (κ1) is 16.4. The van der Waals surface area contributed by atoms with Gasteiger partial charge in [0.1, 0.15) is 0 Å². The van der Waals surface area contributed by atoms with Gasteiger partial charge < -0.3 is 15.7 Å². The summed E-state index contributed by atoms with van der Waals surface area (Å²) in [6.45, 7) is 1.49. The van der Waals surface area contributed by atoms with Crippen LogP contribution >= 0.6 is 23.7 Å². The minimum atomic E-state index is -0.410. The highest BCUT2D eigenvalue weighted by Crippen LogP contribution is 2.12. The summed E-state index contributed by atoms with van der Waals surface area (Å²) in [4.78, 5) is 13.1. The summed E-state index contributed by atoms with van der Waals surface area (Å²) in [6, 6.07) is 4.00. The van der Waals surface area contributed by atoms with E-state index in [0.717, 1.165) is 19.4 Å². The molecule has 0 unspecified atom stereocenters. The molecule has 4 nitrogen and oxygen atoms in total. The molecule has 2 rings (SSSR count). The van der Waals surface area contributed by atoms with Crippen molar-refractivity contribution in [1.29, 1.82) is 0 Å². The molecular formula is C13H21ClN2O2S. The summed E-state index contributed by atoms with van der Waals surface area (Å²) in [7, 11) is 0. The van der Waals surface area contributed by atoms with Crippen molar-refractivity contribution in [2.75, 3.05) is 13.1 Å². The third-order valence-electron chi connectivity index (χ3n) is 3.20. The van der Waals surface area contributed by atoms with E-state index in [1.54, 1.807) is 11.3 Å². The first-order chi connectivity index (χ1) is 8.75. The second kappa shape index (κ2) is 8.53. The van der Waals surface area contributed by atoms with E-state index in [-0.39, 0.29) is 24.4 Å². The summed E-state index contributed by atoms with van der Waals surface area (Å²) < 4.78 is 0. The highest BCUT2D eigenvalue weighted by molar-refractivity contribution is 7.09. The van der Waals surface area contributed by atoms with Crippen LogP contribution in [-0.2, 0) is 11.2 Å². The number of carbonyl (C=O) groups is 1. The molecule has 2 heterocycles. The van der Waals surface area contributed by atoms with Crippen LogP contribution in [0, 0.1) is 0 Å². The van der Waals surface area contributed by atoms with Gasteiger partial charge in [-0.3, -0.25) is 4.79 Å². The minimum absolute atomic E-state index is 0. The molecule has 1 aliphatic heterocycles. The van der Waals surface area contributed by atoms with Crippen molar-refractivity contribution >= 4 is 29.7 Å². The number of hydrogen-bond donors (Lipinski definition) is 3. The van der Waals surface area contributed by atoms with Crippen LogP contribution in [0.15, 0.2) is 17.5 Å². The number of amides is 1. The number of nitrogens with one attached hydrogen (secondary N) is 2. The normalized spacial score (nSPS) is 22.6.